The zero-order valence-corrected chi connectivity index (χ0v) is 7.35. The maximum atomic E-state index is 11.0. The molecule has 4 heteroatoms. The van der Waals surface area contributed by atoms with Gasteiger partial charge in [-0.05, 0) is 19.1 Å². The molecule has 0 atom stereocenters. The predicted molar refractivity (Wildman–Crippen MR) is 50.3 cm³/mol. The Bertz CT molecular complexity index is 336. The molecular formula is C8H9ClN2O. The Morgan fingerprint density at radius 3 is 2.50 bits per heavy atom. The third kappa shape index (κ3) is 1.51. The molecule has 0 amide bonds. The van der Waals surface area contributed by atoms with Crippen molar-refractivity contribution in [3.8, 4) is 0 Å². The highest BCUT2D eigenvalue weighted by molar-refractivity contribution is 6.36. The van der Waals surface area contributed by atoms with Crippen molar-refractivity contribution in [1.82, 2.24) is 0 Å². The third-order valence-electron chi connectivity index (χ3n) is 1.50. The molecule has 0 aliphatic carbocycles. The molecule has 0 radical (unpaired) electrons. The highest BCUT2D eigenvalue weighted by Gasteiger charge is 2.08. The summed E-state index contributed by atoms with van der Waals surface area (Å²) in [5.74, 6) is -0.140. The van der Waals surface area contributed by atoms with Crippen LogP contribution in [0.4, 0.5) is 11.4 Å². The fourth-order valence-corrected chi connectivity index (χ4v) is 1.17. The number of ketones is 1. The summed E-state index contributed by atoms with van der Waals surface area (Å²) >= 11 is 5.76. The minimum atomic E-state index is -0.140. The summed E-state index contributed by atoms with van der Waals surface area (Å²) < 4.78 is 0. The molecule has 0 aliphatic rings. The largest absolute Gasteiger partial charge is 0.399 e. The molecule has 0 bridgehead atoms. The van der Waals surface area contributed by atoms with Crippen LogP contribution < -0.4 is 11.5 Å². The lowest BCUT2D eigenvalue weighted by molar-refractivity contribution is 0.101. The topological polar surface area (TPSA) is 69.1 Å². The maximum absolute atomic E-state index is 11.0. The minimum Gasteiger partial charge on any atom is -0.399 e. The van der Waals surface area contributed by atoms with Crippen LogP contribution in [0.2, 0.25) is 5.02 Å². The van der Waals surface area contributed by atoms with Gasteiger partial charge in [0.2, 0.25) is 0 Å². The molecular weight excluding hydrogens is 176 g/mol. The van der Waals surface area contributed by atoms with E-state index in [0.29, 0.717) is 16.9 Å². The SMILES string of the molecule is CC(=O)c1cc(N)cc(N)c1Cl. The molecule has 3 nitrogen and oxygen atoms in total. The molecule has 64 valence electrons. The van der Waals surface area contributed by atoms with E-state index in [0.717, 1.165) is 0 Å². The van der Waals surface area contributed by atoms with Gasteiger partial charge in [0, 0.05) is 11.3 Å². The van der Waals surface area contributed by atoms with E-state index in [1.54, 1.807) is 0 Å². The van der Waals surface area contributed by atoms with Gasteiger partial charge in [0.15, 0.2) is 5.78 Å². The quantitative estimate of drug-likeness (QED) is 0.516. The second-order valence-electron chi connectivity index (χ2n) is 2.53. The van der Waals surface area contributed by atoms with Crippen LogP contribution in [-0.2, 0) is 0 Å². The fourth-order valence-electron chi connectivity index (χ4n) is 0.926. The van der Waals surface area contributed by atoms with Gasteiger partial charge >= 0.3 is 0 Å². The van der Waals surface area contributed by atoms with E-state index in [1.807, 2.05) is 0 Å². The average molecular weight is 185 g/mol. The lowest BCUT2D eigenvalue weighted by Crippen LogP contribution is -1.99. The Labute approximate surface area is 75.3 Å². The summed E-state index contributed by atoms with van der Waals surface area (Å²) in [5, 5.41) is 0.275. The van der Waals surface area contributed by atoms with Gasteiger partial charge < -0.3 is 11.5 Å². The first-order valence-corrected chi connectivity index (χ1v) is 3.75. The van der Waals surface area contributed by atoms with Gasteiger partial charge in [0.25, 0.3) is 0 Å². The van der Waals surface area contributed by atoms with Gasteiger partial charge in [0.1, 0.15) is 0 Å². The number of carbonyl (C=O) groups is 1. The van der Waals surface area contributed by atoms with Crippen LogP contribution in [-0.4, -0.2) is 5.78 Å². The van der Waals surface area contributed by atoms with Crippen LogP contribution in [0.1, 0.15) is 17.3 Å². The average Bonchev–Trinajstić information content (AvgIpc) is 1.96. The second kappa shape index (κ2) is 3.03. The van der Waals surface area contributed by atoms with Crippen LogP contribution >= 0.6 is 11.6 Å². The van der Waals surface area contributed by atoms with E-state index in [4.69, 9.17) is 23.1 Å². The summed E-state index contributed by atoms with van der Waals surface area (Å²) in [5.41, 5.74) is 12.1. The molecule has 0 aromatic heterocycles. The number of halogens is 1. The van der Waals surface area contributed by atoms with Crippen molar-refractivity contribution >= 4 is 28.8 Å². The van der Waals surface area contributed by atoms with Crippen molar-refractivity contribution in [2.24, 2.45) is 0 Å². The molecule has 0 spiro atoms. The smallest absolute Gasteiger partial charge is 0.161 e. The first kappa shape index (κ1) is 8.87. The van der Waals surface area contributed by atoms with E-state index in [9.17, 15) is 4.79 Å². The van der Waals surface area contributed by atoms with Gasteiger partial charge in [-0.15, -0.1) is 0 Å². The zero-order valence-electron chi connectivity index (χ0n) is 6.60. The molecule has 12 heavy (non-hydrogen) atoms. The Hall–Kier alpha value is -1.22. The number of rotatable bonds is 1. The minimum absolute atomic E-state index is 0.140. The fraction of sp³-hybridized carbons (Fsp3) is 0.125. The van der Waals surface area contributed by atoms with Crippen LogP contribution in [0, 0.1) is 0 Å². The van der Waals surface area contributed by atoms with Gasteiger partial charge in [-0.25, -0.2) is 0 Å². The molecule has 0 saturated carbocycles. The van der Waals surface area contributed by atoms with Gasteiger partial charge in [-0.1, -0.05) is 11.6 Å². The van der Waals surface area contributed by atoms with Crippen molar-refractivity contribution in [3.05, 3.63) is 22.7 Å². The van der Waals surface area contributed by atoms with Crippen molar-refractivity contribution in [2.45, 2.75) is 6.92 Å². The van der Waals surface area contributed by atoms with E-state index in [1.165, 1.54) is 19.1 Å². The summed E-state index contributed by atoms with van der Waals surface area (Å²) in [6, 6.07) is 3.04. The highest BCUT2D eigenvalue weighted by Crippen LogP contribution is 2.26. The first-order valence-electron chi connectivity index (χ1n) is 3.38. The number of anilines is 2. The summed E-state index contributed by atoms with van der Waals surface area (Å²) in [7, 11) is 0. The normalized spacial score (nSPS) is 9.83. The maximum Gasteiger partial charge on any atom is 0.161 e. The second-order valence-corrected chi connectivity index (χ2v) is 2.91. The molecule has 1 aromatic rings. The zero-order chi connectivity index (χ0) is 9.30. The Morgan fingerprint density at radius 1 is 1.42 bits per heavy atom. The molecule has 0 fully saturated rings. The van der Waals surface area contributed by atoms with Gasteiger partial charge in [-0.3, -0.25) is 4.79 Å². The molecule has 0 heterocycles. The number of benzene rings is 1. The molecule has 4 N–H and O–H groups in total. The van der Waals surface area contributed by atoms with Crippen LogP contribution in [0.15, 0.2) is 12.1 Å². The summed E-state index contributed by atoms with van der Waals surface area (Å²) in [6.07, 6.45) is 0. The van der Waals surface area contributed by atoms with Crippen molar-refractivity contribution < 1.29 is 4.79 Å². The van der Waals surface area contributed by atoms with E-state index in [-0.39, 0.29) is 10.8 Å². The lowest BCUT2D eigenvalue weighted by Gasteiger charge is -2.04. The number of Topliss-reactive ketones (excluding diaryl/α,β-unsaturated/α-hetero) is 1. The molecule has 1 rings (SSSR count). The van der Waals surface area contributed by atoms with Crippen molar-refractivity contribution in [3.63, 3.8) is 0 Å². The number of nitrogen functional groups attached to an aromatic ring is 2. The van der Waals surface area contributed by atoms with E-state index < -0.39 is 0 Å². The van der Waals surface area contributed by atoms with E-state index in [2.05, 4.69) is 0 Å². The summed E-state index contributed by atoms with van der Waals surface area (Å²) in [6.45, 7) is 1.42. The number of carbonyl (C=O) groups excluding carboxylic acids is 1. The monoisotopic (exact) mass is 184 g/mol. The van der Waals surface area contributed by atoms with Crippen LogP contribution in [0.3, 0.4) is 0 Å². The lowest BCUT2D eigenvalue weighted by atomic mass is 10.1. The predicted octanol–water partition coefficient (Wildman–Crippen LogP) is 1.71. The molecule has 0 unspecified atom stereocenters. The van der Waals surface area contributed by atoms with Crippen LogP contribution in [0.5, 0.6) is 0 Å². The number of hydrogen-bond donors (Lipinski definition) is 2. The Kier molecular flexibility index (Phi) is 2.24. The standard InChI is InChI=1S/C8H9ClN2O/c1-4(12)6-2-5(10)3-7(11)8(6)9/h2-3H,10-11H2,1H3. The number of hydrogen-bond acceptors (Lipinski definition) is 3. The van der Waals surface area contributed by atoms with Gasteiger partial charge in [-0.2, -0.15) is 0 Å². The van der Waals surface area contributed by atoms with Gasteiger partial charge in [0.05, 0.1) is 10.7 Å². The molecule has 0 aliphatic heterocycles. The van der Waals surface area contributed by atoms with Crippen LogP contribution in [0.25, 0.3) is 0 Å². The first-order chi connectivity index (χ1) is 5.52. The third-order valence-corrected chi connectivity index (χ3v) is 1.92. The Morgan fingerprint density at radius 2 is 2.00 bits per heavy atom. The molecule has 1 aromatic carbocycles. The number of nitrogens with two attached hydrogens (primary N) is 2. The summed E-state index contributed by atoms with van der Waals surface area (Å²) in [4.78, 5) is 11.0. The Balaban J connectivity index is 3.37. The van der Waals surface area contributed by atoms with Crippen molar-refractivity contribution in [2.75, 3.05) is 11.5 Å². The highest BCUT2D eigenvalue weighted by atomic mass is 35.5. The van der Waals surface area contributed by atoms with Crippen molar-refractivity contribution in [1.29, 1.82) is 0 Å². The molecule has 0 saturated heterocycles. The van der Waals surface area contributed by atoms with E-state index >= 15 is 0 Å².